The van der Waals surface area contributed by atoms with Gasteiger partial charge in [0.15, 0.2) is 0 Å². The zero-order valence-corrected chi connectivity index (χ0v) is 24.4. The van der Waals surface area contributed by atoms with Crippen LogP contribution in [-0.2, 0) is 27.2 Å². The number of aryl methyl sites for hydroxylation is 2. The lowest BCUT2D eigenvalue weighted by atomic mass is 9.95. The highest BCUT2D eigenvalue weighted by Gasteiger charge is 2.38. The molecule has 1 aromatic heterocycles. The summed E-state index contributed by atoms with van der Waals surface area (Å²) in [7, 11) is 0. The first-order valence-electron chi connectivity index (χ1n) is 14.6. The van der Waals surface area contributed by atoms with Gasteiger partial charge in [-0.05, 0) is 91.8 Å². The fourth-order valence-electron chi connectivity index (χ4n) is 5.87. The minimum atomic E-state index is -0.879. The van der Waals surface area contributed by atoms with Gasteiger partial charge < -0.3 is 26.4 Å². The summed E-state index contributed by atoms with van der Waals surface area (Å²) in [4.78, 5) is 46.8. The zero-order valence-electron chi connectivity index (χ0n) is 24.4. The predicted molar refractivity (Wildman–Crippen MR) is 166 cm³/mol. The largest absolute Gasteiger partial charge is 0.508 e. The molecule has 1 aliphatic heterocycles. The molecule has 222 valence electrons. The number of nitrogens with one attached hydrogen (secondary N) is 2. The first-order valence-corrected chi connectivity index (χ1v) is 14.6. The van der Waals surface area contributed by atoms with Gasteiger partial charge >= 0.3 is 0 Å². The number of nitrogens with two attached hydrogens (primary N) is 1. The average Bonchev–Trinajstić information content (AvgIpc) is 3.49. The predicted octanol–water partition coefficient (Wildman–Crippen LogP) is 3.78. The Morgan fingerprint density at radius 3 is 2.49 bits per heavy atom. The molecule has 5 rings (SSSR count). The van der Waals surface area contributed by atoms with Gasteiger partial charge in [-0.3, -0.25) is 19.4 Å². The van der Waals surface area contributed by atoms with E-state index in [1.54, 1.807) is 29.3 Å². The molecule has 3 unspecified atom stereocenters. The maximum atomic E-state index is 13.7. The van der Waals surface area contributed by atoms with E-state index in [2.05, 4.69) is 15.6 Å². The Morgan fingerprint density at radius 1 is 1.00 bits per heavy atom. The van der Waals surface area contributed by atoms with Crippen LogP contribution in [-0.4, -0.2) is 57.4 Å². The summed E-state index contributed by atoms with van der Waals surface area (Å²) in [5, 5.41) is 16.6. The molecule has 0 saturated carbocycles. The maximum absolute atomic E-state index is 13.7. The van der Waals surface area contributed by atoms with E-state index in [0.717, 1.165) is 33.2 Å². The molecular formula is C34H37N5O4. The van der Waals surface area contributed by atoms with Crippen LogP contribution in [0.5, 0.6) is 5.75 Å². The van der Waals surface area contributed by atoms with Gasteiger partial charge in [0.05, 0.1) is 17.2 Å². The normalized spacial score (nSPS) is 16.1. The molecule has 2 heterocycles. The molecule has 9 heteroatoms. The van der Waals surface area contributed by atoms with E-state index >= 15 is 0 Å². The summed E-state index contributed by atoms with van der Waals surface area (Å²) >= 11 is 0. The molecule has 5 N–H and O–H groups in total. The summed E-state index contributed by atoms with van der Waals surface area (Å²) in [5.41, 5.74) is 11.3. The van der Waals surface area contributed by atoms with Gasteiger partial charge in [-0.15, -0.1) is 0 Å². The third-order valence-corrected chi connectivity index (χ3v) is 8.08. The van der Waals surface area contributed by atoms with Gasteiger partial charge in [0.2, 0.25) is 17.7 Å². The standard InChI is InChI=1S/C34H37N5O4/c1-21-17-24(40)18-22(2)26(21)20-27(35)34(43)39-16-8-14-31(39)33(42)38-30(19-23-9-4-3-5-10-23)32(41)37-29-13-6-12-28-25(29)11-7-15-36-28/h3-7,9-13,15,17-18,27,30-31,40H,8,14,16,19-20,35H2,1-2H3,(H,37,41)(H,38,42). The minimum absolute atomic E-state index is 0.168. The highest BCUT2D eigenvalue weighted by atomic mass is 16.3. The molecule has 1 saturated heterocycles. The molecule has 3 amide bonds. The Kier molecular flexibility index (Phi) is 9.01. The molecule has 0 aliphatic carbocycles. The molecule has 43 heavy (non-hydrogen) atoms. The number of hydrogen-bond acceptors (Lipinski definition) is 6. The molecule has 3 atom stereocenters. The number of aromatic nitrogens is 1. The third-order valence-electron chi connectivity index (χ3n) is 8.08. The van der Waals surface area contributed by atoms with Crippen molar-refractivity contribution >= 4 is 34.3 Å². The number of phenols is 1. The number of amides is 3. The van der Waals surface area contributed by atoms with Crippen molar-refractivity contribution in [1.29, 1.82) is 0 Å². The molecular weight excluding hydrogens is 542 g/mol. The van der Waals surface area contributed by atoms with Crippen molar-refractivity contribution in [3.8, 4) is 5.75 Å². The molecule has 1 fully saturated rings. The summed E-state index contributed by atoms with van der Waals surface area (Å²) in [6.07, 6.45) is 3.41. The SMILES string of the molecule is Cc1cc(O)cc(C)c1CC(N)C(=O)N1CCCC1C(=O)NC(Cc1ccccc1)C(=O)Nc1cccc2ncccc12. The molecule has 4 aromatic rings. The number of rotatable bonds is 9. The number of likely N-dealkylation sites (tertiary alicyclic amines) is 1. The number of nitrogens with zero attached hydrogens (tertiary/aromatic N) is 2. The quantitative estimate of drug-likeness (QED) is 0.238. The maximum Gasteiger partial charge on any atom is 0.247 e. The number of carbonyl (C=O) groups is 3. The lowest BCUT2D eigenvalue weighted by molar-refractivity contribution is -0.140. The fraction of sp³-hybridized carbons (Fsp3) is 0.294. The first-order chi connectivity index (χ1) is 20.7. The third kappa shape index (κ3) is 6.84. The number of benzene rings is 3. The van der Waals surface area contributed by atoms with Crippen molar-refractivity contribution in [3.63, 3.8) is 0 Å². The van der Waals surface area contributed by atoms with Crippen molar-refractivity contribution in [3.05, 3.63) is 101 Å². The number of carbonyl (C=O) groups excluding carboxylic acids is 3. The van der Waals surface area contributed by atoms with E-state index in [-0.39, 0.29) is 29.9 Å². The Morgan fingerprint density at radius 2 is 1.74 bits per heavy atom. The van der Waals surface area contributed by atoms with Gasteiger partial charge in [0.25, 0.3) is 0 Å². The lowest BCUT2D eigenvalue weighted by Crippen LogP contribution is -2.55. The van der Waals surface area contributed by atoms with E-state index in [9.17, 15) is 19.5 Å². The van der Waals surface area contributed by atoms with Crippen molar-refractivity contribution in [2.45, 2.75) is 57.7 Å². The molecule has 3 aromatic carbocycles. The van der Waals surface area contributed by atoms with Crippen LogP contribution in [0.4, 0.5) is 5.69 Å². The number of hydrogen-bond donors (Lipinski definition) is 4. The van der Waals surface area contributed by atoms with Crippen LogP contribution in [0, 0.1) is 13.8 Å². The van der Waals surface area contributed by atoms with E-state index in [0.29, 0.717) is 31.5 Å². The number of phenolic OH excluding ortho intramolecular Hbond substituents is 1. The monoisotopic (exact) mass is 579 g/mol. The lowest BCUT2D eigenvalue weighted by Gasteiger charge is -2.29. The average molecular weight is 580 g/mol. The van der Waals surface area contributed by atoms with Crippen molar-refractivity contribution in [1.82, 2.24) is 15.2 Å². The summed E-state index contributed by atoms with van der Waals surface area (Å²) in [6.45, 7) is 4.16. The van der Waals surface area contributed by atoms with Gasteiger partial charge in [0, 0.05) is 24.5 Å². The molecule has 0 spiro atoms. The Balaban J connectivity index is 1.32. The molecule has 0 bridgehead atoms. The molecule has 0 radical (unpaired) electrons. The molecule has 9 nitrogen and oxygen atoms in total. The Hall–Kier alpha value is -4.76. The number of pyridine rings is 1. The number of fused-ring (bicyclic) bond motifs is 1. The fourth-order valence-corrected chi connectivity index (χ4v) is 5.87. The van der Waals surface area contributed by atoms with Crippen molar-refractivity contribution in [2.75, 3.05) is 11.9 Å². The molecule has 1 aliphatic rings. The summed E-state index contributed by atoms with van der Waals surface area (Å²) in [6, 6.07) is 19.5. The van der Waals surface area contributed by atoms with Crippen molar-refractivity contribution in [2.24, 2.45) is 5.73 Å². The zero-order chi connectivity index (χ0) is 30.5. The highest BCUT2D eigenvalue weighted by molar-refractivity contribution is 6.04. The van der Waals surface area contributed by atoms with E-state index < -0.39 is 18.1 Å². The summed E-state index contributed by atoms with van der Waals surface area (Å²) in [5.74, 6) is -0.886. The number of anilines is 1. The van der Waals surface area contributed by atoms with Crippen LogP contribution in [0.15, 0.2) is 79.0 Å². The van der Waals surface area contributed by atoms with Crippen LogP contribution in [0.1, 0.15) is 35.1 Å². The van der Waals surface area contributed by atoms with Gasteiger partial charge in [-0.1, -0.05) is 36.4 Å². The topological polar surface area (TPSA) is 138 Å². The Labute approximate surface area is 251 Å². The van der Waals surface area contributed by atoms with Crippen LogP contribution in [0.25, 0.3) is 10.9 Å². The van der Waals surface area contributed by atoms with E-state index in [1.807, 2.05) is 68.4 Å². The number of aromatic hydroxyl groups is 1. The van der Waals surface area contributed by atoms with Gasteiger partial charge in [-0.25, -0.2) is 0 Å². The first kappa shape index (κ1) is 29.7. The second-order valence-corrected chi connectivity index (χ2v) is 11.2. The van der Waals surface area contributed by atoms with E-state index in [1.165, 1.54) is 0 Å². The van der Waals surface area contributed by atoms with Crippen LogP contribution in [0.3, 0.4) is 0 Å². The van der Waals surface area contributed by atoms with Crippen LogP contribution < -0.4 is 16.4 Å². The van der Waals surface area contributed by atoms with E-state index in [4.69, 9.17) is 5.73 Å². The second-order valence-electron chi connectivity index (χ2n) is 11.2. The minimum Gasteiger partial charge on any atom is -0.508 e. The Bertz CT molecular complexity index is 1610. The second kappa shape index (κ2) is 13.0. The van der Waals surface area contributed by atoms with Crippen LogP contribution in [0.2, 0.25) is 0 Å². The highest BCUT2D eigenvalue weighted by Crippen LogP contribution is 2.25. The summed E-state index contributed by atoms with van der Waals surface area (Å²) < 4.78 is 0. The van der Waals surface area contributed by atoms with Gasteiger partial charge in [0.1, 0.15) is 17.8 Å². The van der Waals surface area contributed by atoms with Gasteiger partial charge in [-0.2, -0.15) is 0 Å². The van der Waals surface area contributed by atoms with Crippen LogP contribution >= 0.6 is 0 Å². The van der Waals surface area contributed by atoms with Crippen molar-refractivity contribution < 1.29 is 19.5 Å². The smallest absolute Gasteiger partial charge is 0.247 e.